The predicted octanol–water partition coefficient (Wildman–Crippen LogP) is 3.36. The second-order valence-electron chi connectivity index (χ2n) is 6.64. The van der Waals surface area contributed by atoms with Gasteiger partial charge in [0.15, 0.2) is 0 Å². The minimum Gasteiger partial charge on any atom is -0.401 e. The zero-order valence-corrected chi connectivity index (χ0v) is 15.4. The summed E-state index contributed by atoms with van der Waals surface area (Å²) in [5.41, 5.74) is 3.12. The summed E-state index contributed by atoms with van der Waals surface area (Å²) in [6.45, 7) is 1.19. The highest BCUT2D eigenvalue weighted by Gasteiger charge is 2.38. The van der Waals surface area contributed by atoms with Crippen molar-refractivity contribution in [2.75, 3.05) is 11.4 Å². The number of halogens is 3. The molecule has 1 atom stereocenters. The summed E-state index contributed by atoms with van der Waals surface area (Å²) in [5, 5.41) is 12.4. The third-order valence-electron chi connectivity index (χ3n) is 4.70. The molecule has 0 bridgehead atoms. The number of alkyl halides is 2. The number of H-pyrrole nitrogens is 1. The maximum atomic E-state index is 13.6. The third kappa shape index (κ3) is 2.63. The maximum absolute atomic E-state index is 13.6. The molecular weight excluding hydrogens is 392 g/mol. The number of imidazole rings is 1. The van der Waals surface area contributed by atoms with Gasteiger partial charge in [-0.2, -0.15) is 13.9 Å². The largest absolute Gasteiger partial charge is 0.401 e. The highest BCUT2D eigenvalue weighted by Crippen LogP contribution is 2.37. The van der Waals surface area contributed by atoms with Crippen LogP contribution in [0, 0.1) is 0 Å². The Labute approximate surface area is 162 Å². The third-order valence-corrected chi connectivity index (χ3v) is 4.99. The highest BCUT2D eigenvalue weighted by atomic mass is 35.5. The van der Waals surface area contributed by atoms with Crippen LogP contribution in [0.15, 0.2) is 35.0 Å². The fourth-order valence-corrected chi connectivity index (χ4v) is 3.63. The van der Waals surface area contributed by atoms with Crippen LogP contribution in [0.1, 0.15) is 35.9 Å². The standard InChI is InChI=1S/C17H14ClF2N7O/c1-17(19,20)15-23-24-16(28-15)26-6-5-10-13(22-8-21-10)14(26)11-7-9-3-2-4-12(18)27(9)25-11/h2-4,7-8,14H,5-6H2,1H3,(H,21,22)/t14-/m0/s1. The highest BCUT2D eigenvalue weighted by molar-refractivity contribution is 6.29. The topological polar surface area (TPSA) is 88.1 Å². The summed E-state index contributed by atoms with van der Waals surface area (Å²) in [6.07, 6.45) is 2.23. The van der Waals surface area contributed by atoms with E-state index in [9.17, 15) is 8.78 Å². The molecule has 1 aliphatic heterocycles. The lowest BCUT2D eigenvalue weighted by Crippen LogP contribution is -2.37. The van der Waals surface area contributed by atoms with Crippen molar-refractivity contribution >= 4 is 23.1 Å². The summed E-state index contributed by atoms with van der Waals surface area (Å²) in [5.74, 6) is -3.95. The molecule has 8 nitrogen and oxygen atoms in total. The average Bonchev–Trinajstić information content (AvgIpc) is 3.38. The second-order valence-corrected chi connectivity index (χ2v) is 7.03. The Morgan fingerprint density at radius 3 is 2.93 bits per heavy atom. The van der Waals surface area contributed by atoms with Crippen molar-refractivity contribution in [1.82, 2.24) is 29.8 Å². The molecule has 4 aromatic heterocycles. The molecule has 1 aliphatic rings. The Kier molecular flexibility index (Phi) is 3.66. The van der Waals surface area contributed by atoms with Crippen LogP contribution < -0.4 is 4.90 Å². The lowest BCUT2D eigenvalue weighted by molar-refractivity contribution is -0.0107. The molecular formula is C17H14ClF2N7O. The number of nitrogens with one attached hydrogen (secondary N) is 1. The molecule has 0 spiro atoms. The van der Waals surface area contributed by atoms with Gasteiger partial charge in [-0.3, -0.25) is 0 Å². The van der Waals surface area contributed by atoms with Crippen molar-refractivity contribution in [3.63, 3.8) is 0 Å². The van der Waals surface area contributed by atoms with Gasteiger partial charge in [-0.1, -0.05) is 22.8 Å². The molecule has 0 amide bonds. The number of aromatic nitrogens is 6. The molecule has 4 aromatic rings. The van der Waals surface area contributed by atoms with E-state index in [2.05, 4.69) is 25.3 Å². The van der Waals surface area contributed by atoms with E-state index in [1.54, 1.807) is 21.8 Å². The van der Waals surface area contributed by atoms with Gasteiger partial charge in [-0.25, -0.2) is 9.50 Å². The minimum atomic E-state index is -3.22. The normalized spacial score (nSPS) is 17.3. The van der Waals surface area contributed by atoms with Crippen LogP contribution in [0.25, 0.3) is 5.52 Å². The summed E-state index contributed by atoms with van der Waals surface area (Å²) >= 11 is 6.24. The van der Waals surface area contributed by atoms with Gasteiger partial charge in [-0.15, -0.1) is 5.10 Å². The number of pyridine rings is 1. The Morgan fingerprint density at radius 2 is 2.18 bits per heavy atom. The van der Waals surface area contributed by atoms with Gasteiger partial charge in [0.1, 0.15) is 11.2 Å². The summed E-state index contributed by atoms with van der Waals surface area (Å²) in [6, 6.07) is 6.83. The van der Waals surface area contributed by atoms with E-state index in [0.717, 1.165) is 16.9 Å². The van der Waals surface area contributed by atoms with Gasteiger partial charge in [0.2, 0.25) is 0 Å². The molecule has 144 valence electrons. The van der Waals surface area contributed by atoms with Gasteiger partial charge in [0.25, 0.3) is 5.89 Å². The number of rotatable bonds is 3. The average molecular weight is 406 g/mol. The Morgan fingerprint density at radius 1 is 1.32 bits per heavy atom. The Bertz CT molecular complexity index is 1160. The zero-order valence-electron chi connectivity index (χ0n) is 14.6. The van der Waals surface area contributed by atoms with E-state index in [1.165, 1.54) is 0 Å². The first-order valence-corrected chi connectivity index (χ1v) is 8.94. The molecule has 0 radical (unpaired) electrons. The molecule has 0 aromatic carbocycles. The quantitative estimate of drug-likeness (QED) is 0.526. The van der Waals surface area contributed by atoms with Crippen LogP contribution in [0.4, 0.5) is 14.8 Å². The number of fused-ring (bicyclic) bond motifs is 2. The van der Waals surface area contributed by atoms with Crippen molar-refractivity contribution in [2.24, 2.45) is 0 Å². The first-order chi connectivity index (χ1) is 13.4. The van der Waals surface area contributed by atoms with Crippen molar-refractivity contribution in [3.05, 3.63) is 58.7 Å². The van der Waals surface area contributed by atoms with E-state index < -0.39 is 17.9 Å². The lowest BCUT2D eigenvalue weighted by Gasteiger charge is -2.32. The maximum Gasteiger partial charge on any atom is 0.321 e. The van der Waals surface area contributed by atoms with Gasteiger partial charge in [-0.05, 0) is 18.2 Å². The van der Waals surface area contributed by atoms with Gasteiger partial charge in [0.05, 0.1) is 23.2 Å². The number of hydrogen-bond acceptors (Lipinski definition) is 6. The number of hydrogen-bond donors (Lipinski definition) is 1. The smallest absolute Gasteiger partial charge is 0.321 e. The number of aromatic amines is 1. The molecule has 0 aliphatic carbocycles. The summed E-state index contributed by atoms with van der Waals surface area (Å²) < 4.78 is 34.0. The zero-order chi connectivity index (χ0) is 19.5. The van der Waals surface area contributed by atoms with Crippen molar-refractivity contribution < 1.29 is 13.2 Å². The molecule has 0 saturated carbocycles. The molecule has 0 unspecified atom stereocenters. The summed E-state index contributed by atoms with van der Waals surface area (Å²) in [4.78, 5) is 9.28. The van der Waals surface area contributed by atoms with Crippen LogP contribution in [0.2, 0.25) is 5.15 Å². The first-order valence-electron chi connectivity index (χ1n) is 8.56. The molecule has 0 fully saturated rings. The molecule has 1 N–H and O–H groups in total. The molecule has 0 saturated heterocycles. The van der Waals surface area contributed by atoms with Gasteiger partial charge >= 0.3 is 11.9 Å². The fourth-order valence-electron chi connectivity index (χ4n) is 3.43. The van der Waals surface area contributed by atoms with E-state index in [1.807, 2.05) is 18.2 Å². The van der Waals surface area contributed by atoms with Gasteiger partial charge in [0, 0.05) is 25.6 Å². The Hall–Kier alpha value is -3.01. The second kappa shape index (κ2) is 5.99. The van der Waals surface area contributed by atoms with Crippen LogP contribution in [0.3, 0.4) is 0 Å². The van der Waals surface area contributed by atoms with Gasteiger partial charge < -0.3 is 14.3 Å². The van der Waals surface area contributed by atoms with E-state index in [-0.39, 0.29) is 6.01 Å². The molecule has 5 heterocycles. The lowest BCUT2D eigenvalue weighted by atomic mass is 10.0. The van der Waals surface area contributed by atoms with Crippen LogP contribution in [0.5, 0.6) is 0 Å². The van der Waals surface area contributed by atoms with Crippen molar-refractivity contribution in [2.45, 2.75) is 25.3 Å². The van der Waals surface area contributed by atoms with E-state index in [0.29, 0.717) is 30.7 Å². The van der Waals surface area contributed by atoms with E-state index >= 15 is 0 Å². The van der Waals surface area contributed by atoms with E-state index in [4.69, 9.17) is 16.0 Å². The fraction of sp³-hybridized carbons (Fsp3) is 0.294. The number of anilines is 1. The van der Waals surface area contributed by atoms with Crippen LogP contribution in [-0.2, 0) is 12.3 Å². The number of nitrogens with zero attached hydrogens (tertiary/aromatic N) is 6. The molecule has 5 rings (SSSR count). The molecule has 11 heteroatoms. The van der Waals surface area contributed by atoms with Crippen molar-refractivity contribution in [1.29, 1.82) is 0 Å². The first kappa shape index (κ1) is 17.1. The summed E-state index contributed by atoms with van der Waals surface area (Å²) in [7, 11) is 0. The predicted molar refractivity (Wildman–Crippen MR) is 95.5 cm³/mol. The minimum absolute atomic E-state index is 0.00155. The van der Waals surface area contributed by atoms with Crippen LogP contribution in [-0.4, -0.2) is 36.3 Å². The SMILES string of the molecule is CC(F)(F)c1nnc(N2CCc3[nH]cnc3[C@@H]2c2cc3cccc(Cl)n3n2)o1. The van der Waals surface area contributed by atoms with Crippen LogP contribution >= 0.6 is 11.6 Å². The molecule has 28 heavy (non-hydrogen) atoms. The monoisotopic (exact) mass is 405 g/mol. The Balaban J connectivity index is 1.64. The van der Waals surface area contributed by atoms with Crippen molar-refractivity contribution in [3.8, 4) is 0 Å².